The zero-order valence-electron chi connectivity index (χ0n) is 9.73. The van der Waals surface area contributed by atoms with Crippen molar-refractivity contribution in [1.82, 2.24) is 4.90 Å². The molecule has 16 heavy (non-hydrogen) atoms. The van der Waals surface area contributed by atoms with Gasteiger partial charge in [-0.15, -0.1) is 0 Å². The second-order valence-corrected chi connectivity index (χ2v) is 5.28. The molecule has 0 spiro atoms. The highest BCUT2D eigenvalue weighted by atomic mass is 15.2. The molecule has 2 aliphatic rings. The van der Waals surface area contributed by atoms with E-state index in [0.717, 1.165) is 18.5 Å². The number of hydrogen-bond acceptors (Lipinski definition) is 2. The highest BCUT2D eigenvalue weighted by molar-refractivity contribution is 5.22. The number of nitrogens with two attached hydrogens (primary N) is 1. The van der Waals surface area contributed by atoms with Gasteiger partial charge in [0, 0.05) is 25.7 Å². The summed E-state index contributed by atoms with van der Waals surface area (Å²) in [6.45, 7) is 3.10. The molecule has 1 saturated carbocycles. The van der Waals surface area contributed by atoms with Crippen molar-refractivity contribution in [3.63, 3.8) is 0 Å². The van der Waals surface area contributed by atoms with E-state index >= 15 is 0 Å². The lowest BCUT2D eigenvalue weighted by Gasteiger charge is -2.26. The van der Waals surface area contributed by atoms with Gasteiger partial charge in [-0.2, -0.15) is 0 Å². The third-order valence-electron chi connectivity index (χ3n) is 4.17. The van der Waals surface area contributed by atoms with E-state index in [1.807, 2.05) is 0 Å². The normalized spacial score (nSPS) is 28.8. The van der Waals surface area contributed by atoms with Gasteiger partial charge in [-0.05, 0) is 36.3 Å². The molecule has 3 rings (SSSR count). The monoisotopic (exact) mass is 216 g/mol. The number of hydrogen-bond donors (Lipinski definition) is 1. The maximum atomic E-state index is 5.60. The molecule has 2 atom stereocenters. The summed E-state index contributed by atoms with van der Waals surface area (Å²) in [5, 5.41) is 0. The zero-order valence-corrected chi connectivity index (χ0v) is 9.73. The maximum absolute atomic E-state index is 5.60. The first kappa shape index (κ1) is 10.3. The lowest BCUT2D eigenvalue weighted by atomic mass is 10.1. The molecule has 0 amide bonds. The third-order valence-corrected chi connectivity index (χ3v) is 4.17. The minimum absolute atomic E-state index is 0.648. The van der Waals surface area contributed by atoms with E-state index in [9.17, 15) is 0 Å². The van der Waals surface area contributed by atoms with E-state index in [4.69, 9.17) is 5.73 Å². The summed E-state index contributed by atoms with van der Waals surface area (Å²) in [6, 6.07) is 9.65. The standard InChI is InChI=1S/C14H20N2/c15-8-11-1-3-12(4-2-11)9-16-10-13-5-6-14(16)7-13/h1-4,13-14H,5-10,15H2. The van der Waals surface area contributed by atoms with Gasteiger partial charge in [-0.25, -0.2) is 0 Å². The summed E-state index contributed by atoms with van der Waals surface area (Å²) in [5.41, 5.74) is 8.27. The van der Waals surface area contributed by atoms with E-state index in [-0.39, 0.29) is 0 Å². The van der Waals surface area contributed by atoms with Crippen LogP contribution in [0, 0.1) is 5.92 Å². The Kier molecular flexibility index (Phi) is 2.70. The van der Waals surface area contributed by atoms with Crippen LogP contribution in [0.1, 0.15) is 30.4 Å². The van der Waals surface area contributed by atoms with Crippen LogP contribution in [-0.2, 0) is 13.1 Å². The van der Waals surface area contributed by atoms with Gasteiger partial charge in [0.05, 0.1) is 0 Å². The number of nitrogens with zero attached hydrogens (tertiary/aromatic N) is 1. The second-order valence-electron chi connectivity index (χ2n) is 5.28. The molecular formula is C14H20N2. The summed E-state index contributed by atoms with van der Waals surface area (Å²) in [7, 11) is 0. The van der Waals surface area contributed by atoms with Gasteiger partial charge in [0.2, 0.25) is 0 Å². The van der Waals surface area contributed by atoms with Crippen molar-refractivity contribution in [2.75, 3.05) is 6.54 Å². The summed E-state index contributed by atoms with van der Waals surface area (Å²) >= 11 is 0. The molecule has 1 aliphatic heterocycles. The van der Waals surface area contributed by atoms with Gasteiger partial charge < -0.3 is 5.73 Å². The van der Waals surface area contributed by atoms with Crippen LogP contribution in [0.15, 0.2) is 24.3 Å². The smallest absolute Gasteiger partial charge is 0.0236 e. The summed E-state index contributed by atoms with van der Waals surface area (Å²) in [5.74, 6) is 0.994. The number of rotatable bonds is 3. The van der Waals surface area contributed by atoms with Crippen molar-refractivity contribution in [3.8, 4) is 0 Å². The average molecular weight is 216 g/mol. The molecule has 1 heterocycles. The quantitative estimate of drug-likeness (QED) is 0.838. The Morgan fingerprint density at radius 2 is 1.88 bits per heavy atom. The molecule has 2 unspecified atom stereocenters. The van der Waals surface area contributed by atoms with Gasteiger partial charge in [0.1, 0.15) is 0 Å². The first-order valence-electron chi connectivity index (χ1n) is 6.37. The first-order chi connectivity index (χ1) is 7.85. The van der Waals surface area contributed by atoms with Gasteiger partial charge >= 0.3 is 0 Å². The summed E-state index contributed by atoms with van der Waals surface area (Å²) in [6.07, 6.45) is 4.33. The molecule has 2 fully saturated rings. The van der Waals surface area contributed by atoms with Crippen molar-refractivity contribution < 1.29 is 0 Å². The number of likely N-dealkylation sites (tertiary alicyclic amines) is 1. The van der Waals surface area contributed by atoms with Crippen LogP contribution < -0.4 is 5.73 Å². The fourth-order valence-corrected chi connectivity index (χ4v) is 3.24. The fraction of sp³-hybridized carbons (Fsp3) is 0.571. The molecule has 1 aromatic carbocycles. The van der Waals surface area contributed by atoms with E-state index < -0.39 is 0 Å². The van der Waals surface area contributed by atoms with E-state index in [1.54, 1.807) is 0 Å². The molecule has 1 aliphatic carbocycles. The molecule has 2 nitrogen and oxygen atoms in total. The molecule has 1 aromatic rings. The van der Waals surface area contributed by atoms with Crippen molar-refractivity contribution in [3.05, 3.63) is 35.4 Å². The van der Waals surface area contributed by atoms with Crippen LogP contribution in [0.2, 0.25) is 0 Å². The molecule has 1 saturated heterocycles. The number of benzene rings is 1. The molecule has 0 radical (unpaired) electrons. The predicted octanol–water partition coefficient (Wildman–Crippen LogP) is 2.13. The van der Waals surface area contributed by atoms with Crippen LogP contribution in [0.4, 0.5) is 0 Å². The van der Waals surface area contributed by atoms with Crippen LogP contribution >= 0.6 is 0 Å². The molecular weight excluding hydrogens is 196 g/mol. The molecule has 2 bridgehead atoms. The lowest BCUT2D eigenvalue weighted by Crippen LogP contribution is -2.31. The number of fused-ring (bicyclic) bond motifs is 2. The Hall–Kier alpha value is -0.860. The maximum Gasteiger partial charge on any atom is 0.0236 e. The predicted molar refractivity (Wildman–Crippen MR) is 65.9 cm³/mol. The largest absolute Gasteiger partial charge is 0.326 e. The minimum Gasteiger partial charge on any atom is -0.326 e. The lowest BCUT2D eigenvalue weighted by molar-refractivity contribution is 0.205. The Labute approximate surface area is 97.4 Å². The van der Waals surface area contributed by atoms with Crippen molar-refractivity contribution in [2.24, 2.45) is 11.7 Å². The Bertz CT molecular complexity index is 358. The molecule has 0 aromatic heterocycles. The zero-order chi connectivity index (χ0) is 11.0. The second kappa shape index (κ2) is 4.19. The van der Waals surface area contributed by atoms with Crippen LogP contribution in [-0.4, -0.2) is 17.5 Å². The van der Waals surface area contributed by atoms with Crippen molar-refractivity contribution in [2.45, 2.75) is 38.4 Å². The first-order valence-corrected chi connectivity index (χ1v) is 6.37. The summed E-state index contributed by atoms with van der Waals surface area (Å²) in [4.78, 5) is 2.66. The van der Waals surface area contributed by atoms with E-state index in [1.165, 1.54) is 36.9 Å². The van der Waals surface area contributed by atoms with Gasteiger partial charge in [0.25, 0.3) is 0 Å². The number of piperidine rings is 1. The Morgan fingerprint density at radius 1 is 1.12 bits per heavy atom. The third kappa shape index (κ3) is 1.87. The van der Waals surface area contributed by atoms with Gasteiger partial charge in [-0.3, -0.25) is 4.90 Å². The highest BCUT2D eigenvalue weighted by Crippen LogP contribution is 2.37. The van der Waals surface area contributed by atoms with E-state index in [0.29, 0.717) is 6.54 Å². The van der Waals surface area contributed by atoms with E-state index in [2.05, 4.69) is 29.2 Å². The molecule has 2 N–H and O–H groups in total. The summed E-state index contributed by atoms with van der Waals surface area (Å²) < 4.78 is 0. The average Bonchev–Trinajstić information content (AvgIpc) is 2.92. The Morgan fingerprint density at radius 3 is 2.44 bits per heavy atom. The molecule has 2 heteroatoms. The minimum atomic E-state index is 0.648. The van der Waals surface area contributed by atoms with Crippen LogP contribution in [0.25, 0.3) is 0 Å². The van der Waals surface area contributed by atoms with Crippen LogP contribution in [0.5, 0.6) is 0 Å². The van der Waals surface area contributed by atoms with Crippen molar-refractivity contribution in [1.29, 1.82) is 0 Å². The Balaban J connectivity index is 1.65. The van der Waals surface area contributed by atoms with Gasteiger partial charge in [0.15, 0.2) is 0 Å². The SMILES string of the molecule is NCc1ccc(CN2CC3CCC2C3)cc1. The van der Waals surface area contributed by atoms with Crippen LogP contribution in [0.3, 0.4) is 0 Å². The molecule has 86 valence electrons. The van der Waals surface area contributed by atoms with Gasteiger partial charge in [-0.1, -0.05) is 24.3 Å². The topological polar surface area (TPSA) is 29.3 Å². The highest BCUT2D eigenvalue weighted by Gasteiger charge is 2.37. The van der Waals surface area contributed by atoms with Crippen molar-refractivity contribution >= 4 is 0 Å². The fourth-order valence-electron chi connectivity index (χ4n) is 3.24.